The standard InChI is InChI=1S/C26H29ClO5/c27-22-15-21-20(26(29)30)13-14-31-24(21)16-25(22)32-19-11-9-18(10-12-19)23(28)8-4-7-17-5-2-1-3-6-17/h9-12,15-17,20H,1-8,13-14H2,(H,29,30). The fraction of sp³-hybridized carbons (Fsp3) is 0.462. The van der Waals surface area contributed by atoms with Crippen LogP contribution in [0.3, 0.4) is 0 Å². The molecule has 170 valence electrons. The highest BCUT2D eigenvalue weighted by Gasteiger charge is 2.29. The zero-order valence-corrected chi connectivity index (χ0v) is 18.9. The Morgan fingerprint density at radius 3 is 2.53 bits per heavy atom. The second-order valence-electron chi connectivity index (χ2n) is 8.79. The molecular weight excluding hydrogens is 428 g/mol. The minimum absolute atomic E-state index is 0.160. The van der Waals surface area contributed by atoms with Crippen molar-refractivity contribution in [2.24, 2.45) is 5.92 Å². The van der Waals surface area contributed by atoms with Gasteiger partial charge in [-0.05, 0) is 49.1 Å². The molecule has 1 heterocycles. The molecule has 1 aliphatic carbocycles. The SMILES string of the molecule is O=C(CCCC1CCCCC1)c1ccc(Oc2cc3c(cc2Cl)C(C(=O)O)CCO3)cc1. The summed E-state index contributed by atoms with van der Waals surface area (Å²) in [6, 6.07) is 10.3. The summed E-state index contributed by atoms with van der Waals surface area (Å²) in [7, 11) is 0. The summed E-state index contributed by atoms with van der Waals surface area (Å²) < 4.78 is 11.5. The molecule has 1 aliphatic heterocycles. The number of ether oxygens (including phenoxy) is 2. The number of rotatable bonds is 8. The predicted octanol–water partition coefficient (Wildman–Crippen LogP) is 7.02. The average Bonchev–Trinajstić information content (AvgIpc) is 2.80. The summed E-state index contributed by atoms with van der Waals surface area (Å²) in [5.41, 5.74) is 1.25. The molecular formula is C26H29ClO5. The number of ketones is 1. The van der Waals surface area contributed by atoms with Crippen LogP contribution in [0.4, 0.5) is 0 Å². The second-order valence-corrected chi connectivity index (χ2v) is 9.20. The van der Waals surface area contributed by atoms with Crippen molar-refractivity contribution in [1.82, 2.24) is 0 Å². The fourth-order valence-corrected chi connectivity index (χ4v) is 4.94. The van der Waals surface area contributed by atoms with Crippen molar-refractivity contribution in [3.05, 3.63) is 52.5 Å². The molecule has 4 rings (SSSR count). The smallest absolute Gasteiger partial charge is 0.311 e. The minimum Gasteiger partial charge on any atom is -0.493 e. The van der Waals surface area contributed by atoms with E-state index in [1.807, 2.05) is 0 Å². The van der Waals surface area contributed by atoms with Gasteiger partial charge in [0.05, 0.1) is 17.5 Å². The van der Waals surface area contributed by atoms with E-state index in [0.717, 1.165) is 18.8 Å². The van der Waals surface area contributed by atoms with Crippen LogP contribution in [-0.2, 0) is 4.79 Å². The van der Waals surface area contributed by atoms with Crippen LogP contribution < -0.4 is 9.47 Å². The molecule has 0 saturated heterocycles. The van der Waals surface area contributed by atoms with Crippen LogP contribution in [-0.4, -0.2) is 23.5 Å². The third-order valence-electron chi connectivity index (χ3n) is 6.55. The van der Waals surface area contributed by atoms with Gasteiger partial charge < -0.3 is 14.6 Å². The molecule has 1 N–H and O–H groups in total. The predicted molar refractivity (Wildman–Crippen MR) is 123 cm³/mol. The van der Waals surface area contributed by atoms with E-state index in [1.165, 1.54) is 32.1 Å². The third-order valence-corrected chi connectivity index (χ3v) is 6.84. The van der Waals surface area contributed by atoms with E-state index >= 15 is 0 Å². The number of hydrogen-bond donors (Lipinski definition) is 1. The van der Waals surface area contributed by atoms with Gasteiger partial charge in [-0.1, -0.05) is 50.1 Å². The molecule has 6 heteroatoms. The summed E-state index contributed by atoms with van der Waals surface area (Å²) in [4.78, 5) is 24.0. The number of carboxylic acids is 1. The molecule has 32 heavy (non-hydrogen) atoms. The number of carbonyl (C=O) groups is 2. The van der Waals surface area contributed by atoms with Crippen LogP contribution in [0.5, 0.6) is 17.2 Å². The van der Waals surface area contributed by atoms with E-state index in [1.54, 1.807) is 36.4 Å². The van der Waals surface area contributed by atoms with Crippen molar-refractivity contribution >= 4 is 23.4 Å². The molecule has 0 bridgehead atoms. The molecule has 0 spiro atoms. The van der Waals surface area contributed by atoms with E-state index in [-0.39, 0.29) is 5.78 Å². The van der Waals surface area contributed by atoms with E-state index in [0.29, 0.717) is 52.8 Å². The van der Waals surface area contributed by atoms with Crippen LogP contribution in [0.25, 0.3) is 0 Å². The number of fused-ring (bicyclic) bond motifs is 1. The molecule has 5 nitrogen and oxygen atoms in total. The largest absolute Gasteiger partial charge is 0.493 e. The highest BCUT2D eigenvalue weighted by molar-refractivity contribution is 6.32. The van der Waals surface area contributed by atoms with Crippen molar-refractivity contribution < 1.29 is 24.2 Å². The minimum atomic E-state index is -0.890. The Hall–Kier alpha value is -2.53. The Labute approximate surface area is 193 Å². The van der Waals surface area contributed by atoms with Crippen molar-refractivity contribution in [3.8, 4) is 17.2 Å². The van der Waals surface area contributed by atoms with E-state index in [4.69, 9.17) is 21.1 Å². The highest BCUT2D eigenvalue weighted by atomic mass is 35.5. The van der Waals surface area contributed by atoms with Gasteiger partial charge in [0.15, 0.2) is 5.78 Å². The maximum atomic E-state index is 12.5. The maximum Gasteiger partial charge on any atom is 0.311 e. The molecule has 2 aliphatic rings. The number of benzene rings is 2. The summed E-state index contributed by atoms with van der Waals surface area (Å²) in [5, 5.41) is 9.74. The summed E-state index contributed by atoms with van der Waals surface area (Å²) in [6.07, 6.45) is 9.74. The van der Waals surface area contributed by atoms with Crippen LogP contribution in [0.1, 0.15) is 79.6 Å². The van der Waals surface area contributed by atoms with Crippen molar-refractivity contribution in [3.63, 3.8) is 0 Å². The summed E-state index contributed by atoms with van der Waals surface area (Å²) in [5.74, 6) is 0.856. The van der Waals surface area contributed by atoms with Gasteiger partial charge in [0, 0.05) is 23.6 Å². The number of halogens is 1. The van der Waals surface area contributed by atoms with Crippen molar-refractivity contribution in [1.29, 1.82) is 0 Å². The van der Waals surface area contributed by atoms with Gasteiger partial charge in [0.25, 0.3) is 0 Å². The van der Waals surface area contributed by atoms with E-state index in [2.05, 4.69) is 0 Å². The molecule has 2 aromatic rings. The lowest BCUT2D eigenvalue weighted by Crippen LogP contribution is -2.20. The zero-order valence-electron chi connectivity index (χ0n) is 18.1. The lowest BCUT2D eigenvalue weighted by Gasteiger charge is -2.24. The molecule has 1 saturated carbocycles. The summed E-state index contributed by atoms with van der Waals surface area (Å²) in [6.45, 7) is 0.336. The lowest BCUT2D eigenvalue weighted by molar-refractivity contribution is -0.139. The Morgan fingerprint density at radius 2 is 1.81 bits per heavy atom. The molecule has 0 aromatic heterocycles. The van der Waals surface area contributed by atoms with E-state index < -0.39 is 11.9 Å². The average molecular weight is 457 g/mol. The Balaban J connectivity index is 1.36. The van der Waals surface area contributed by atoms with Crippen LogP contribution >= 0.6 is 11.6 Å². The van der Waals surface area contributed by atoms with Crippen molar-refractivity contribution in [2.45, 2.75) is 63.7 Å². The molecule has 0 radical (unpaired) electrons. The Kier molecular flexibility index (Phi) is 7.36. The molecule has 1 atom stereocenters. The molecule has 1 unspecified atom stereocenters. The maximum absolute atomic E-state index is 12.5. The topological polar surface area (TPSA) is 72.8 Å². The second kappa shape index (κ2) is 10.4. The van der Waals surface area contributed by atoms with Crippen LogP contribution in [0.15, 0.2) is 36.4 Å². The van der Waals surface area contributed by atoms with Gasteiger partial charge >= 0.3 is 5.97 Å². The van der Waals surface area contributed by atoms with Crippen LogP contribution in [0, 0.1) is 5.92 Å². The molecule has 0 amide bonds. The quantitative estimate of drug-likeness (QED) is 0.432. The number of carbonyl (C=O) groups excluding carboxylic acids is 1. The normalized spacial score (nSPS) is 18.5. The summed E-state index contributed by atoms with van der Waals surface area (Å²) >= 11 is 6.36. The number of hydrogen-bond acceptors (Lipinski definition) is 4. The first-order chi connectivity index (χ1) is 15.5. The van der Waals surface area contributed by atoms with Crippen LogP contribution in [0.2, 0.25) is 5.02 Å². The van der Waals surface area contributed by atoms with Gasteiger partial charge in [-0.3, -0.25) is 9.59 Å². The van der Waals surface area contributed by atoms with Crippen molar-refractivity contribution in [2.75, 3.05) is 6.61 Å². The number of carboxylic acid groups (broad SMARTS) is 1. The van der Waals surface area contributed by atoms with Gasteiger partial charge in [-0.25, -0.2) is 0 Å². The van der Waals surface area contributed by atoms with Gasteiger partial charge in [0.1, 0.15) is 17.2 Å². The monoisotopic (exact) mass is 456 g/mol. The third kappa shape index (κ3) is 5.44. The van der Waals surface area contributed by atoms with Gasteiger partial charge in [-0.15, -0.1) is 0 Å². The van der Waals surface area contributed by atoms with Gasteiger partial charge in [0.2, 0.25) is 0 Å². The Morgan fingerprint density at radius 1 is 1.06 bits per heavy atom. The highest BCUT2D eigenvalue weighted by Crippen LogP contribution is 2.41. The Bertz CT molecular complexity index is 963. The number of aliphatic carboxylic acids is 1. The fourth-order valence-electron chi connectivity index (χ4n) is 4.73. The first kappa shape index (κ1) is 22.7. The first-order valence-electron chi connectivity index (χ1n) is 11.5. The zero-order chi connectivity index (χ0) is 22.5. The lowest BCUT2D eigenvalue weighted by atomic mass is 9.85. The number of Topliss-reactive ketones (excluding diaryl/α,β-unsaturated/α-hetero) is 1. The van der Waals surface area contributed by atoms with Gasteiger partial charge in [-0.2, -0.15) is 0 Å². The first-order valence-corrected chi connectivity index (χ1v) is 11.9. The molecule has 1 fully saturated rings. The van der Waals surface area contributed by atoms with E-state index in [9.17, 15) is 14.7 Å². The molecule has 2 aromatic carbocycles.